The van der Waals surface area contributed by atoms with Gasteiger partial charge in [0, 0.05) is 48.2 Å². The van der Waals surface area contributed by atoms with Gasteiger partial charge >= 0.3 is 0 Å². The van der Waals surface area contributed by atoms with Crippen LogP contribution in [0.3, 0.4) is 0 Å². The third-order valence-corrected chi connectivity index (χ3v) is 8.58. The zero-order valence-corrected chi connectivity index (χ0v) is 24.4. The lowest BCUT2D eigenvalue weighted by molar-refractivity contribution is -0.149. The number of nitrogens with zero attached hydrogens (tertiary/aromatic N) is 3. The van der Waals surface area contributed by atoms with Crippen LogP contribution in [0.4, 0.5) is 11.4 Å². The summed E-state index contributed by atoms with van der Waals surface area (Å²) in [5.41, 5.74) is 4.85. The molecule has 7 nitrogen and oxygen atoms in total. The molecule has 6 rings (SSSR count). The molecule has 0 saturated carbocycles. The Bertz CT molecular complexity index is 1490. The average Bonchev–Trinajstić information content (AvgIpc) is 3.03. The van der Waals surface area contributed by atoms with Crippen molar-refractivity contribution >= 4 is 28.2 Å². The molecule has 2 aliphatic heterocycles. The molecule has 0 unspecified atom stereocenters. The van der Waals surface area contributed by atoms with E-state index in [1.54, 1.807) is 0 Å². The summed E-state index contributed by atoms with van der Waals surface area (Å²) in [7, 11) is 0. The highest BCUT2D eigenvalue weighted by Gasteiger charge is 2.43. The van der Waals surface area contributed by atoms with E-state index in [9.17, 15) is 4.79 Å². The van der Waals surface area contributed by atoms with Crippen molar-refractivity contribution in [3.63, 3.8) is 0 Å². The van der Waals surface area contributed by atoms with Crippen molar-refractivity contribution in [3.8, 4) is 5.75 Å². The predicted molar refractivity (Wildman–Crippen MR) is 167 cm³/mol. The Morgan fingerprint density at radius 3 is 2.50 bits per heavy atom. The summed E-state index contributed by atoms with van der Waals surface area (Å²) >= 11 is 0. The quantitative estimate of drug-likeness (QED) is 0.275. The van der Waals surface area contributed by atoms with Crippen LogP contribution in [0, 0.1) is 12.3 Å². The van der Waals surface area contributed by atoms with Gasteiger partial charge in [0.2, 0.25) is 5.91 Å². The lowest BCUT2D eigenvalue weighted by Crippen LogP contribution is -2.54. The number of hydrogen-bond donors (Lipinski definition) is 1. The molecule has 2 saturated heterocycles. The van der Waals surface area contributed by atoms with Gasteiger partial charge in [0.15, 0.2) is 0 Å². The Morgan fingerprint density at radius 1 is 0.929 bits per heavy atom. The largest absolute Gasteiger partial charge is 0.492 e. The van der Waals surface area contributed by atoms with Crippen molar-refractivity contribution in [2.45, 2.75) is 26.2 Å². The van der Waals surface area contributed by atoms with Crippen LogP contribution < -0.4 is 10.1 Å². The van der Waals surface area contributed by atoms with E-state index in [1.807, 2.05) is 54.3 Å². The SMILES string of the molecule is Cc1cc(Nc2cccc(OCCN3CCC(Cc4ccccc4)(C(=O)N4CCOCC4)CC3)c2)c2ccccc2n1. The first-order valence-corrected chi connectivity index (χ1v) is 15.1. The standard InChI is InChI=1S/C35H40N4O3/c1-27-24-33(31-12-5-6-13-32(31)36-27)37-29-10-7-11-30(25-29)42-23-18-38-16-14-35(15-17-38,26-28-8-3-2-4-9-28)34(40)39-19-21-41-22-20-39/h2-13,24-25H,14-23,26H2,1H3,(H,36,37). The molecule has 2 aliphatic rings. The lowest BCUT2D eigenvalue weighted by Gasteiger charge is -2.44. The fourth-order valence-electron chi connectivity index (χ4n) is 6.28. The highest BCUT2D eigenvalue weighted by molar-refractivity contribution is 5.93. The molecule has 4 aromatic rings. The molecular weight excluding hydrogens is 524 g/mol. The Kier molecular flexibility index (Phi) is 8.68. The number of aryl methyl sites for hydroxylation is 1. The van der Waals surface area contributed by atoms with Crippen molar-refractivity contribution in [2.24, 2.45) is 5.41 Å². The number of pyridine rings is 1. The second-order valence-corrected chi connectivity index (χ2v) is 11.5. The molecule has 0 radical (unpaired) electrons. The molecule has 3 heterocycles. The second kappa shape index (κ2) is 12.9. The average molecular weight is 565 g/mol. The van der Waals surface area contributed by atoms with Crippen LogP contribution in [-0.2, 0) is 16.0 Å². The molecular formula is C35H40N4O3. The van der Waals surface area contributed by atoms with Crippen molar-refractivity contribution in [3.05, 3.63) is 96.2 Å². The van der Waals surface area contributed by atoms with E-state index in [1.165, 1.54) is 5.56 Å². The summed E-state index contributed by atoms with van der Waals surface area (Å²) in [5.74, 6) is 1.14. The molecule has 0 spiro atoms. The van der Waals surface area contributed by atoms with Gasteiger partial charge in [0.1, 0.15) is 12.4 Å². The van der Waals surface area contributed by atoms with Crippen LogP contribution in [0.1, 0.15) is 24.1 Å². The van der Waals surface area contributed by atoms with E-state index in [0.717, 1.165) is 72.6 Å². The van der Waals surface area contributed by atoms with Crippen molar-refractivity contribution in [2.75, 3.05) is 57.9 Å². The highest BCUT2D eigenvalue weighted by Crippen LogP contribution is 2.37. The molecule has 2 fully saturated rings. The molecule has 1 amide bonds. The molecule has 0 atom stereocenters. The number of hydrogen-bond acceptors (Lipinski definition) is 6. The van der Waals surface area contributed by atoms with Crippen molar-refractivity contribution < 1.29 is 14.3 Å². The van der Waals surface area contributed by atoms with E-state index in [-0.39, 0.29) is 5.41 Å². The first kappa shape index (κ1) is 28.2. The van der Waals surface area contributed by atoms with Gasteiger partial charge in [-0.05, 0) is 69.1 Å². The van der Waals surface area contributed by atoms with E-state index in [4.69, 9.17) is 9.47 Å². The first-order valence-electron chi connectivity index (χ1n) is 15.1. The van der Waals surface area contributed by atoms with E-state index in [2.05, 4.69) is 57.7 Å². The maximum atomic E-state index is 13.9. The zero-order chi connectivity index (χ0) is 28.8. The third kappa shape index (κ3) is 6.58. The minimum absolute atomic E-state index is 0.298. The van der Waals surface area contributed by atoms with Gasteiger partial charge in [-0.1, -0.05) is 54.6 Å². The van der Waals surface area contributed by atoms with E-state index < -0.39 is 0 Å². The number of piperidine rings is 1. The van der Waals surface area contributed by atoms with Gasteiger partial charge in [0.05, 0.1) is 24.1 Å². The van der Waals surface area contributed by atoms with Crippen LogP contribution >= 0.6 is 0 Å². The molecule has 0 bridgehead atoms. The Morgan fingerprint density at radius 2 is 1.69 bits per heavy atom. The van der Waals surface area contributed by atoms with Gasteiger partial charge in [-0.3, -0.25) is 14.7 Å². The number of likely N-dealkylation sites (tertiary alicyclic amines) is 1. The Balaban J connectivity index is 1.06. The third-order valence-electron chi connectivity index (χ3n) is 8.58. The lowest BCUT2D eigenvalue weighted by atomic mass is 9.72. The van der Waals surface area contributed by atoms with E-state index >= 15 is 0 Å². The molecule has 1 N–H and O–H groups in total. The number of benzene rings is 3. The molecule has 7 heteroatoms. The summed E-state index contributed by atoms with van der Waals surface area (Å²) in [5, 5.41) is 4.65. The summed E-state index contributed by atoms with van der Waals surface area (Å²) in [4.78, 5) is 23.0. The number of aromatic nitrogens is 1. The highest BCUT2D eigenvalue weighted by atomic mass is 16.5. The van der Waals surface area contributed by atoms with Gasteiger partial charge in [-0.2, -0.15) is 0 Å². The zero-order valence-electron chi connectivity index (χ0n) is 24.4. The number of fused-ring (bicyclic) bond motifs is 1. The number of anilines is 2. The molecule has 3 aromatic carbocycles. The predicted octanol–water partition coefficient (Wildman–Crippen LogP) is 5.85. The number of ether oxygens (including phenoxy) is 2. The number of morpholine rings is 1. The topological polar surface area (TPSA) is 66.9 Å². The van der Waals surface area contributed by atoms with Crippen LogP contribution in [0.5, 0.6) is 5.75 Å². The maximum Gasteiger partial charge on any atom is 0.229 e. The fourth-order valence-corrected chi connectivity index (χ4v) is 6.28. The first-order chi connectivity index (χ1) is 20.6. The van der Waals surface area contributed by atoms with Gasteiger partial charge in [0.25, 0.3) is 0 Å². The van der Waals surface area contributed by atoms with Gasteiger partial charge in [-0.15, -0.1) is 0 Å². The van der Waals surface area contributed by atoms with Crippen LogP contribution in [-0.4, -0.2) is 73.2 Å². The van der Waals surface area contributed by atoms with Crippen LogP contribution in [0.2, 0.25) is 0 Å². The summed E-state index contributed by atoms with van der Waals surface area (Å²) in [6.45, 7) is 7.88. The van der Waals surface area contributed by atoms with Crippen molar-refractivity contribution in [1.29, 1.82) is 0 Å². The van der Waals surface area contributed by atoms with E-state index in [0.29, 0.717) is 38.8 Å². The number of amides is 1. The summed E-state index contributed by atoms with van der Waals surface area (Å²) in [6.07, 6.45) is 2.51. The number of carbonyl (C=O) groups excluding carboxylic acids is 1. The number of para-hydroxylation sites is 1. The number of nitrogens with one attached hydrogen (secondary N) is 1. The van der Waals surface area contributed by atoms with Crippen molar-refractivity contribution in [1.82, 2.24) is 14.8 Å². The van der Waals surface area contributed by atoms with Crippen LogP contribution in [0.15, 0.2) is 84.9 Å². The molecule has 42 heavy (non-hydrogen) atoms. The summed E-state index contributed by atoms with van der Waals surface area (Å²) in [6, 6.07) is 28.9. The number of rotatable bonds is 9. The monoisotopic (exact) mass is 564 g/mol. The smallest absolute Gasteiger partial charge is 0.229 e. The van der Waals surface area contributed by atoms with Gasteiger partial charge in [-0.25, -0.2) is 0 Å². The minimum atomic E-state index is -0.356. The summed E-state index contributed by atoms with van der Waals surface area (Å²) < 4.78 is 11.7. The second-order valence-electron chi connectivity index (χ2n) is 11.5. The Hall–Kier alpha value is -3.94. The maximum absolute atomic E-state index is 13.9. The number of carbonyl (C=O) groups is 1. The molecule has 0 aliphatic carbocycles. The minimum Gasteiger partial charge on any atom is -0.492 e. The molecule has 1 aromatic heterocycles. The van der Waals surface area contributed by atoms with Crippen LogP contribution in [0.25, 0.3) is 10.9 Å². The Labute approximate surface area is 248 Å². The fraction of sp³-hybridized carbons (Fsp3) is 0.371. The normalized spacial score (nSPS) is 17.2. The van der Waals surface area contributed by atoms with Gasteiger partial charge < -0.3 is 19.7 Å². The molecule has 218 valence electrons.